The molecule has 30 heavy (non-hydrogen) atoms. The number of carbonyl (C=O) groups is 1. The van der Waals surface area contributed by atoms with E-state index in [1.165, 1.54) is 12.1 Å². The summed E-state index contributed by atoms with van der Waals surface area (Å²) in [7, 11) is 0. The van der Waals surface area contributed by atoms with Gasteiger partial charge in [0.1, 0.15) is 5.82 Å². The number of amides is 1. The zero-order valence-electron chi connectivity index (χ0n) is 16.2. The van der Waals surface area contributed by atoms with Gasteiger partial charge in [-0.1, -0.05) is 28.1 Å². The van der Waals surface area contributed by atoms with E-state index in [4.69, 9.17) is 0 Å². The van der Waals surface area contributed by atoms with Gasteiger partial charge in [-0.2, -0.15) is 13.2 Å². The normalized spacial score (nSPS) is 15.5. The number of alkyl halides is 3. The van der Waals surface area contributed by atoms with Gasteiger partial charge in [0.05, 0.1) is 5.56 Å². The van der Waals surface area contributed by atoms with Crippen molar-refractivity contribution in [2.75, 3.05) is 44.2 Å². The number of piperazine rings is 1. The van der Waals surface area contributed by atoms with E-state index < -0.39 is 11.7 Å². The Labute approximate surface area is 181 Å². The van der Waals surface area contributed by atoms with Crippen molar-refractivity contribution in [2.45, 2.75) is 6.18 Å². The first-order chi connectivity index (χ1) is 14.3. The molecule has 1 aliphatic heterocycles. The highest BCUT2D eigenvalue weighted by Crippen LogP contribution is 2.29. The molecule has 0 unspecified atom stereocenters. The zero-order valence-corrected chi connectivity index (χ0v) is 17.8. The van der Waals surface area contributed by atoms with Crippen LogP contribution in [-0.4, -0.2) is 55.1 Å². The maximum absolute atomic E-state index is 12.6. The van der Waals surface area contributed by atoms with Gasteiger partial charge < -0.3 is 10.2 Å². The lowest BCUT2D eigenvalue weighted by Crippen LogP contribution is -2.48. The quantitative estimate of drug-likeness (QED) is 0.636. The monoisotopic (exact) mass is 482 g/mol. The number of pyridine rings is 1. The highest BCUT2D eigenvalue weighted by Gasteiger charge is 2.31. The number of nitrogens with zero attached hydrogens (tertiary/aromatic N) is 3. The van der Waals surface area contributed by atoms with E-state index in [1.54, 1.807) is 6.08 Å². The van der Waals surface area contributed by atoms with Crippen LogP contribution < -0.4 is 10.2 Å². The summed E-state index contributed by atoms with van der Waals surface area (Å²) in [5.41, 5.74) is 0.205. The fourth-order valence-corrected chi connectivity index (χ4v) is 3.35. The third-order valence-corrected chi connectivity index (χ3v) is 5.32. The second-order valence-corrected chi connectivity index (χ2v) is 7.82. The maximum atomic E-state index is 12.6. The number of aromatic nitrogens is 1. The number of hydrogen-bond acceptors (Lipinski definition) is 4. The summed E-state index contributed by atoms with van der Waals surface area (Å²) in [6.45, 7) is 4.11. The van der Waals surface area contributed by atoms with Crippen molar-refractivity contribution >= 4 is 33.7 Å². The molecule has 0 aliphatic carbocycles. The van der Waals surface area contributed by atoms with Crippen molar-refractivity contribution in [3.63, 3.8) is 0 Å². The first kappa shape index (κ1) is 22.3. The van der Waals surface area contributed by atoms with Gasteiger partial charge in [0, 0.05) is 56.0 Å². The molecule has 1 amide bonds. The molecule has 0 radical (unpaired) electrons. The third kappa shape index (κ3) is 6.56. The lowest BCUT2D eigenvalue weighted by molar-refractivity contribution is -0.137. The van der Waals surface area contributed by atoms with E-state index in [9.17, 15) is 18.0 Å². The fourth-order valence-electron chi connectivity index (χ4n) is 3.08. The Morgan fingerprint density at radius 1 is 1.10 bits per heavy atom. The predicted octanol–water partition coefficient (Wildman–Crippen LogP) is 3.81. The third-order valence-electron chi connectivity index (χ3n) is 4.80. The smallest absolute Gasteiger partial charge is 0.354 e. The van der Waals surface area contributed by atoms with Crippen LogP contribution in [0.4, 0.5) is 19.0 Å². The molecule has 1 N–H and O–H groups in total. The number of hydrogen-bond donors (Lipinski definition) is 1. The number of benzene rings is 1. The number of anilines is 1. The summed E-state index contributed by atoms with van der Waals surface area (Å²) in [4.78, 5) is 20.1. The Hall–Kier alpha value is -2.39. The van der Waals surface area contributed by atoms with Crippen molar-refractivity contribution in [1.82, 2.24) is 15.2 Å². The van der Waals surface area contributed by atoms with Crippen molar-refractivity contribution in [2.24, 2.45) is 0 Å². The van der Waals surface area contributed by atoms with Crippen LogP contribution in [0, 0.1) is 0 Å². The van der Waals surface area contributed by atoms with Crippen LogP contribution in [0.5, 0.6) is 0 Å². The Morgan fingerprint density at radius 3 is 2.40 bits per heavy atom. The van der Waals surface area contributed by atoms with Gasteiger partial charge in [-0.05, 0) is 35.9 Å². The summed E-state index contributed by atoms with van der Waals surface area (Å²) in [5, 5.41) is 2.87. The Bertz CT molecular complexity index is 861. The molecule has 5 nitrogen and oxygen atoms in total. The second kappa shape index (κ2) is 10.1. The summed E-state index contributed by atoms with van der Waals surface area (Å²) in [6, 6.07) is 10.1. The number of rotatable bonds is 6. The number of nitrogens with one attached hydrogen (secondary N) is 1. The minimum atomic E-state index is -4.37. The van der Waals surface area contributed by atoms with Gasteiger partial charge in [0.25, 0.3) is 0 Å². The predicted molar refractivity (Wildman–Crippen MR) is 114 cm³/mol. The van der Waals surface area contributed by atoms with Crippen molar-refractivity contribution < 1.29 is 18.0 Å². The minimum absolute atomic E-state index is 0.148. The maximum Gasteiger partial charge on any atom is 0.417 e. The lowest BCUT2D eigenvalue weighted by atomic mass is 10.2. The molecular weight excluding hydrogens is 461 g/mol. The molecule has 9 heteroatoms. The van der Waals surface area contributed by atoms with Gasteiger partial charge in [-0.15, -0.1) is 0 Å². The highest BCUT2D eigenvalue weighted by atomic mass is 79.9. The van der Waals surface area contributed by atoms with Gasteiger partial charge in [0.15, 0.2) is 0 Å². The molecule has 2 heterocycles. The summed E-state index contributed by atoms with van der Waals surface area (Å²) in [6.07, 6.45) is -0.226. The van der Waals surface area contributed by atoms with Crippen LogP contribution in [0.1, 0.15) is 11.1 Å². The van der Waals surface area contributed by atoms with Crippen molar-refractivity contribution in [3.05, 3.63) is 64.3 Å². The van der Waals surface area contributed by atoms with Gasteiger partial charge in [-0.25, -0.2) is 4.98 Å². The molecule has 1 aliphatic rings. The van der Waals surface area contributed by atoms with E-state index in [2.05, 4.69) is 31.1 Å². The van der Waals surface area contributed by atoms with Crippen LogP contribution in [0.2, 0.25) is 0 Å². The molecule has 0 atom stereocenters. The number of carbonyl (C=O) groups excluding carboxylic acids is 1. The zero-order chi connectivity index (χ0) is 21.6. The van der Waals surface area contributed by atoms with Crippen molar-refractivity contribution in [3.8, 4) is 0 Å². The molecular formula is C21H22BrF3N4O. The van der Waals surface area contributed by atoms with Gasteiger partial charge in [-0.3, -0.25) is 9.69 Å². The minimum Gasteiger partial charge on any atom is -0.354 e. The Kier molecular flexibility index (Phi) is 7.49. The van der Waals surface area contributed by atoms with Crippen LogP contribution in [0.15, 0.2) is 53.1 Å². The first-order valence-electron chi connectivity index (χ1n) is 9.53. The molecule has 3 rings (SSSR count). The molecule has 160 valence electrons. The molecule has 1 aromatic heterocycles. The first-order valence-corrected chi connectivity index (χ1v) is 10.3. The molecule has 1 aromatic carbocycles. The van der Waals surface area contributed by atoms with Crippen LogP contribution in [-0.2, 0) is 11.0 Å². The topological polar surface area (TPSA) is 48.5 Å². The van der Waals surface area contributed by atoms with Crippen LogP contribution in [0.25, 0.3) is 6.08 Å². The molecule has 1 fully saturated rings. The largest absolute Gasteiger partial charge is 0.417 e. The van der Waals surface area contributed by atoms with E-state index in [-0.39, 0.29) is 5.91 Å². The molecule has 2 aromatic rings. The summed E-state index contributed by atoms with van der Waals surface area (Å²) >= 11 is 3.37. The van der Waals surface area contributed by atoms with Crippen molar-refractivity contribution in [1.29, 1.82) is 0 Å². The number of halogens is 4. The highest BCUT2D eigenvalue weighted by molar-refractivity contribution is 9.10. The summed E-state index contributed by atoms with van der Waals surface area (Å²) in [5.74, 6) is 0.402. The second-order valence-electron chi connectivity index (χ2n) is 6.91. The molecule has 0 spiro atoms. The van der Waals surface area contributed by atoms with E-state index in [1.807, 2.05) is 29.2 Å². The van der Waals surface area contributed by atoms with E-state index in [0.29, 0.717) is 32.0 Å². The van der Waals surface area contributed by atoms with Crippen LogP contribution in [0.3, 0.4) is 0 Å². The Balaban J connectivity index is 1.37. The summed E-state index contributed by atoms with van der Waals surface area (Å²) < 4.78 is 38.9. The fraction of sp³-hybridized carbons (Fsp3) is 0.333. The average molecular weight is 483 g/mol. The Morgan fingerprint density at radius 2 is 1.80 bits per heavy atom. The molecule has 1 saturated heterocycles. The van der Waals surface area contributed by atoms with Gasteiger partial charge >= 0.3 is 6.18 Å². The molecule has 0 bridgehead atoms. The van der Waals surface area contributed by atoms with E-state index in [0.717, 1.165) is 35.4 Å². The van der Waals surface area contributed by atoms with Crippen LogP contribution >= 0.6 is 15.9 Å². The average Bonchev–Trinajstić information content (AvgIpc) is 2.73. The lowest BCUT2D eigenvalue weighted by Gasteiger charge is -2.35. The SMILES string of the molecule is O=C(/C=C/c1ccc(Br)cc1)NCCN1CCN(c2ccc(C(F)(F)F)cn2)CC1. The standard InChI is InChI=1S/C21H22BrF3N4O/c22-18-5-1-16(2-6-18)3-8-20(30)26-9-10-28-11-13-29(14-12-28)19-7-4-17(15-27-19)21(23,24)25/h1-8,15H,9-14H2,(H,26,30)/b8-3+. The van der Waals surface area contributed by atoms with Gasteiger partial charge in [0.2, 0.25) is 5.91 Å². The van der Waals surface area contributed by atoms with E-state index >= 15 is 0 Å². The molecule has 0 saturated carbocycles.